The summed E-state index contributed by atoms with van der Waals surface area (Å²) in [6.07, 6.45) is 0.524. The summed E-state index contributed by atoms with van der Waals surface area (Å²) >= 11 is 5.71. The van der Waals surface area contributed by atoms with Gasteiger partial charge in [-0.3, -0.25) is 0 Å². The number of alkyl halides is 2. The highest BCUT2D eigenvalue weighted by molar-refractivity contribution is 7.89. The van der Waals surface area contributed by atoms with Gasteiger partial charge in [0.1, 0.15) is 5.75 Å². The van der Waals surface area contributed by atoms with E-state index < -0.39 is 22.7 Å². The van der Waals surface area contributed by atoms with E-state index in [1.54, 1.807) is 6.92 Å². The van der Waals surface area contributed by atoms with E-state index in [9.17, 15) is 17.2 Å². The van der Waals surface area contributed by atoms with E-state index >= 15 is 0 Å². The van der Waals surface area contributed by atoms with Gasteiger partial charge in [0.15, 0.2) is 0 Å². The van der Waals surface area contributed by atoms with Gasteiger partial charge in [0.25, 0.3) is 0 Å². The third-order valence-electron chi connectivity index (χ3n) is 2.53. The van der Waals surface area contributed by atoms with Crippen LogP contribution in [0.3, 0.4) is 0 Å². The van der Waals surface area contributed by atoms with E-state index in [2.05, 4.69) is 9.46 Å². The molecule has 3 N–H and O–H groups in total. The van der Waals surface area contributed by atoms with Gasteiger partial charge in [-0.05, 0) is 24.6 Å². The third kappa shape index (κ3) is 4.55. The van der Waals surface area contributed by atoms with Crippen LogP contribution in [-0.2, 0) is 10.0 Å². The first-order valence-electron chi connectivity index (χ1n) is 5.77. The number of nitrogens with two attached hydrogens (primary N) is 1. The van der Waals surface area contributed by atoms with Crippen molar-refractivity contribution in [1.82, 2.24) is 4.72 Å². The van der Waals surface area contributed by atoms with Crippen molar-refractivity contribution < 1.29 is 21.9 Å². The van der Waals surface area contributed by atoms with Crippen molar-refractivity contribution in [3.63, 3.8) is 0 Å². The molecular formula is C11H15ClF2N2O3S. The van der Waals surface area contributed by atoms with E-state index in [0.717, 1.165) is 18.2 Å². The van der Waals surface area contributed by atoms with Crippen LogP contribution >= 0.6 is 11.6 Å². The van der Waals surface area contributed by atoms with Crippen LogP contribution in [0.1, 0.15) is 13.3 Å². The Kier molecular flexibility index (Phi) is 6.12. The number of ether oxygens (including phenoxy) is 1. The van der Waals surface area contributed by atoms with E-state index in [-0.39, 0.29) is 22.2 Å². The topological polar surface area (TPSA) is 81.4 Å². The highest BCUT2D eigenvalue weighted by Crippen LogP contribution is 2.28. The summed E-state index contributed by atoms with van der Waals surface area (Å²) in [6.45, 7) is -1.10. The Bertz CT molecular complexity index is 551. The van der Waals surface area contributed by atoms with Crippen molar-refractivity contribution in [3.05, 3.63) is 23.2 Å². The predicted molar refractivity (Wildman–Crippen MR) is 71.5 cm³/mol. The maximum absolute atomic E-state index is 12.1. The summed E-state index contributed by atoms with van der Waals surface area (Å²) in [5.41, 5.74) is 5.42. The highest BCUT2D eigenvalue weighted by atomic mass is 35.5. The summed E-state index contributed by atoms with van der Waals surface area (Å²) in [4.78, 5) is -0.143. The average Bonchev–Trinajstić information content (AvgIpc) is 2.37. The van der Waals surface area contributed by atoms with Crippen molar-refractivity contribution in [2.45, 2.75) is 30.9 Å². The Hall–Kier alpha value is -0.960. The molecule has 9 heteroatoms. The van der Waals surface area contributed by atoms with Gasteiger partial charge in [0.05, 0.1) is 9.92 Å². The van der Waals surface area contributed by atoms with Crippen LogP contribution in [0.4, 0.5) is 8.78 Å². The Morgan fingerprint density at radius 1 is 1.45 bits per heavy atom. The SMILES string of the molecule is CCC(CN)NS(=O)(=O)c1ccc(OC(F)F)c(Cl)c1. The molecule has 0 amide bonds. The Morgan fingerprint density at radius 2 is 2.10 bits per heavy atom. The molecular weight excluding hydrogens is 314 g/mol. The monoisotopic (exact) mass is 328 g/mol. The summed E-state index contributed by atoms with van der Waals surface area (Å²) in [6, 6.07) is 2.85. The molecule has 114 valence electrons. The van der Waals surface area contributed by atoms with Crippen LogP contribution < -0.4 is 15.2 Å². The molecule has 1 atom stereocenters. The minimum atomic E-state index is -3.81. The van der Waals surface area contributed by atoms with Crippen molar-refractivity contribution >= 4 is 21.6 Å². The first kappa shape index (κ1) is 17.1. The molecule has 0 saturated heterocycles. The van der Waals surface area contributed by atoms with Gasteiger partial charge in [-0.15, -0.1) is 0 Å². The van der Waals surface area contributed by atoms with Crippen molar-refractivity contribution in [1.29, 1.82) is 0 Å². The van der Waals surface area contributed by atoms with Gasteiger partial charge >= 0.3 is 6.61 Å². The highest BCUT2D eigenvalue weighted by Gasteiger charge is 2.20. The molecule has 0 aliphatic rings. The number of hydrogen-bond acceptors (Lipinski definition) is 4. The van der Waals surface area contributed by atoms with Gasteiger partial charge in [-0.1, -0.05) is 18.5 Å². The fourth-order valence-corrected chi connectivity index (χ4v) is 3.07. The van der Waals surface area contributed by atoms with Gasteiger partial charge in [0.2, 0.25) is 10.0 Å². The lowest BCUT2D eigenvalue weighted by molar-refractivity contribution is -0.0498. The van der Waals surface area contributed by atoms with E-state index in [0.29, 0.717) is 6.42 Å². The second-order valence-corrected chi connectivity index (χ2v) is 6.05. The van der Waals surface area contributed by atoms with E-state index in [4.69, 9.17) is 17.3 Å². The second-order valence-electron chi connectivity index (χ2n) is 3.93. The number of hydrogen-bond donors (Lipinski definition) is 2. The molecule has 0 radical (unpaired) electrons. The molecule has 1 aromatic rings. The number of rotatable bonds is 7. The summed E-state index contributed by atoms with van der Waals surface area (Å²) in [7, 11) is -3.81. The van der Waals surface area contributed by atoms with Crippen molar-refractivity contribution in [3.8, 4) is 5.75 Å². The number of sulfonamides is 1. The molecule has 1 rings (SSSR count). The maximum Gasteiger partial charge on any atom is 0.387 e. The molecule has 1 unspecified atom stereocenters. The average molecular weight is 329 g/mol. The Labute approximate surface area is 121 Å². The molecule has 5 nitrogen and oxygen atoms in total. The summed E-state index contributed by atoms with van der Waals surface area (Å²) < 4.78 is 54.7. The Balaban J connectivity index is 2.99. The van der Waals surface area contributed by atoms with Gasteiger partial charge in [-0.2, -0.15) is 8.78 Å². The molecule has 0 saturated carbocycles. The lowest BCUT2D eigenvalue weighted by Crippen LogP contribution is -2.39. The normalized spacial score (nSPS) is 13.5. The molecule has 0 aliphatic carbocycles. The quantitative estimate of drug-likeness (QED) is 0.801. The smallest absolute Gasteiger partial charge is 0.387 e. The minimum Gasteiger partial charge on any atom is -0.433 e. The van der Waals surface area contributed by atoms with Crippen LogP contribution in [0, 0.1) is 0 Å². The molecule has 20 heavy (non-hydrogen) atoms. The first-order valence-corrected chi connectivity index (χ1v) is 7.63. The number of benzene rings is 1. The van der Waals surface area contributed by atoms with Crippen LogP contribution in [0.5, 0.6) is 5.75 Å². The predicted octanol–water partition coefficient (Wildman–Crippen LogP) is 1.96. The van der Waals surface area contributed by atoms with E-state index in [1.165, 1.54) is 0 Å². The zero-order chi connectivity index (χ0) is 15.3. The van der Waals surface area contributed by atoms with Crippen LogP contribution in [0.15, 0.2) is 23.1 Å². The van der Waals surface area contributed by atoms with Crippen LogP contribution in [-0.4, -0.2) is 27.6 Å². The molecule has 0 spiro atoms. The van der Waals surface area contributed by atoms with Gasteiger partial charge < -0.3 is 10.5 Å². The lowest BCUT2D eigenvalue weighted by atomic mass is 10.2. The number of nitrogens with one attached hydrogen (secondary N) is 1. The zero-order valence-corrected chi connectivity index (χ0v) is 12.2. The fraction of sp³-hybridized carbons (Fsp3) is 0.455. The molecule has 1 aromatic carbocycles. The summed E-state index contributed by atoms with van der Waals surface area (Å²) in [5.74, 6) is -0.286. The lowest BCUT2D eigenvalue weighted by Gasteiger charge is -2.15. The molecule has 0 fully saturated rings. The molecule has 0 heterocycles. The van der Waals surface area contributed by atoms with Crippen molar-refractivity contribution in [2.24, 2.45) is 5.73 Å². The Morgan fingerprint density at radius 3 is 2.55 bits per heavy atom. The number of halogens is 3. The fourth-order valence-electron chi connectivity index (χ4n) is 1.43. The standard InChI is InChI=1S/C11H15ClF2N2O3S/c1-2-7(6-15)16-20(17,18)8-3-4-10(9(12)5-8)19-11(13)14/h3-5,7,11,16H,2,6,15H2,1H3. The zero-order valence-electron chi connectivity index (χ0n) is 10.6. The van der Waals surface area contributed by atoms with Crippen LogP contribution in [0.25, 0.3) is 0 Å². The molecule has 0 aliphatic heterocycles. The van der Waals surface area contributed by atoms with Crippen molar-refractivity contribution in [2.75, 3.05) is 6.54 Å². The van der Waals surface area contributed by atoms with E-state index in [1.807, 2.05) is 0 Å². The van der Waals surface area contributed by atoms with Gasteiger partial charge in [-0.25, -0.2) is 13.1 Å². The minimum absolute atomic E-state index is 0.143. The first-order chi connectivity index (χ1) is 9.30. The molecule has 0 bridgehead atoms. The maximum atomic E-state index is 12.1. The second kappa shape index (κ2) is 7.16. The van der Waals surface area contributed by atoms with Crippen LogP contribution in [0.2, 0.25) is 5.02 Å². The van der Waals surface area contributed by atoms with Gasteiger partial charge in [0, 0.05) is 12.6 Å². The molecule has 0 aromatic heterocycles. The largest absolute Gasteiger partial charge is 0.433 e. The summed E-state index contributed by atoms with van der Waals surface area (Å²) in [5, 5.41) is -0.214. The third-order valence-corrected chi connectivity index (χ3v) is 4.34.